The fourth-order valence-electron chi connectivity index (χ4n) is 4.09. The van der Waals surface area contributed by atoms with Crippen LogP contribution < -0.4 is 4.90 Å². The van der Waals surface area contributed by atoms with E-state index in [4.69, 9.17) is 9.57 Å². The molecular weight excluding hydrogens is 456 g/mol. The van der Waals surface area contributed by atoms with E-state index in [0.717, 1.165) is 56.4 Å². The SMILES string of the molecule is CN(C)c1ccc(C(=O)C(CCCCc2ccccc2)OC(=O)/C=C/C(=O)ON2CCCCC2)cc1. The van der Waals surface area contributed by atoms with Crippen molar-refractivity contribution in [3.63, 3.8) is 0 Å². The van der Waals surface area contributed by atoms with E-state index >= 15 is 0 Å². The third kappa shape index (κ3) is 8.96. The van der Waals surface area contributed by atoms with Gasteiger partial charge in [0.2, 0.25) is 5.78 Å². The van der Waals surface area contributed by atoms with Crippen LogP contribution >= 0.6 is 0 Å². The zero-order valence-electron chi connectivity index (χ0n) is 21.2. The van der Waals surface area contributed by atoms with Crippen LogP contribution in [-0.2, 0) is 25.6 Å². The molecule has 1 aliphatic rings. The Hall–Kier alpha value is -3.45. The predicted molar refractivity (Wildman–Crippen MR) is 140 cm³/mol. The van der Waals surface area contributed by atoms with E-state index < -0.39 is 18.0 Å². The van der Waals surface area contributed by atoms with Gasteiger partial charge in [-0.05, 0) is 68.4 Å². The molecule has 0 spiro atoms. The van der Waals surface area contributed by atoms with Gasteiger partial charge in [-0.2, -0.15) is 0 Å². The highest BCUT2D eigenvalue weighted by Gasteiger charge is 2.24. The van der Waals surface area contributed by atoms with Crippen molar-refractivity contribution in [2.45, 2.75) is 51.0 Å². The monoisotopic (exact) mass is 492 g/mol. The lowest BCUT2D eigenvalue weighted by Crippen LogP contribution is -2.32. The van der Waals surface area contributed by atoms with Crippen LogP contribution in [0.3, 0.4) is 0 Å². The standard InChI is InChI=1S/C29H36N2O5/c1-30(2)25-17-15-24(16-18-25)29(34)26(14-8-7-13-23-11-5-3-6-12-23)35-27(32)19-20-28(33)36-31-21-9-4-10-22-31/h3,5-6,11-12,15-20,26H,4,7-10,13-14,21-22H2,1-2H3/b20-19+. The lowest BCUT2D eigenvalue weighted by atomic mass is 9.99. The van der Waals surface area contributed by atoms with Gasteiger partial charge in [0.15, 0.2) is 6.10 Å². The summed E-state index contributed by atoms with van der Waals surface area (Å²) in [5.74, 6) is -1.62. The molecule has 36 heavy (non-hydrogen) atoms. The summed E-state index contributed by atoms with van der Waals surface area (Å²) in [6.07, 6.45) is 7.10. The Labute approximate surface area is 213 Å². The molecule has 7 heteroatoms. The number of ketones is 1. The maximum absolute atomic E-state index is 13.2. The minimum absolute atomic E-state index is 0.252. The van der Waals surface area contributed by atoms with Crippen LogP contribution in [-0.4, -0.2) is 56.1 Å². The van der Waals surface area contributed by atoms with Crippen LogP contribution in [0.5, 0.6) is 0 Å². The van der Waals surface area contributed by atoms with E-state index in [1.165, 1.54) is 5.56 Å². The maximum Gasteiger partial charge on any atom is 0.349 e. The number of aryl methyl sites for hydroxylation is 1. The van der Waals surface area contributed by atoms with Gasteiger partial charge in [-0.15, -0.1) is 5.06 Å². The number of unbranched alkanes of at least 4 members (excludes halogenated alkanes) is 1. The van der Waals surface area contributed by atoms with Gasteiger partial charge >= 0.3 is 11.9 Å². The second-order valence-electron chi connectivity index (χ2n) is 9.20. The molecule has 0 aliphatic carbocycles. The molecule has 1 fully saturated rings. The van der Waals surface area contributed by atoms with Gasteiger partial charge in [0.05, 0.1) is 0 Å². The molecule has 1 heterocycles. The number of benzene rings is 2. The van der Waals surface area contributed by atoms with E-state index in [9.17, 15) is 14.4 Å². The van der Waals surface area contributed by atoms with Crippen molar-refractivity contribution in [2.24, 2.45) is 0 Å². The summed E-state index contributed by atoms with van der Waals surface area (Å²) in [4.78, 5) is 45.0. The molecule has 0 N–H and O–H groups in total. The van der Waals surface area contributed by atoms with E-state index in [-0.39, 0.29) is 5.78 Å². The molecule has 3 rings (SSSR count). The minimum Gasteiger partial charge on any atom is -0.451 e. The average molecular weight is 493 g/mol. The number of anilines is 1. The Morgan fingerprint density at radius 2 is 1.56 bits per heavy atom. The van der Waals surface area contributed by atoms with Crippen molar-refractivity contribution in [3.05, 3.63) is 77.9 Å². The summed E-state index contributed by atoms with van der Waals surface area (Å²) in [5.41, 5.74) is 2.68. The van der Waals surface area contributed by atoms with E-state index in [0.29, 0.717) is 25.1 Å². The van der Waals surface area contributed by atoms with Gasteiger partial charge in [-0.3, -0.25) is 4.79 Å². The summed E-state index contributed by atoms with van der Waals surface area (Å²) in [6.45, 7) is 1.38. The van der Waals surface area contributed by atoms with E-state index in [2.05, 4.69) is 12.1 Å². The summed E-state index contributed by atoms with van der Waals surface area (Å²) in [5, 5.41) is 1.61. The largest absolute Gasteiger partial charge is 0.451 e. The number of hydroxylamine groups is 2. The van der Waals surface area contributed by atoms with Gasteiger partial charge in [-0.25, -0.2) is 9.59 Å². The molecule has 1 saturated heterocycles. The fraction of sp³-hybridized carbons (Fsp3) is 0.414. The molecule has 1 aliphatic heterocycles. The number of Topliss-reactive ketones (excluding diaryl/α,β-unsaturated/α-hetero) is 1. The second-order valence-corrected chi connectivity index (χ2v) is 9.20. The molecule has 1 atom stereocenters. The second kappa shape index (κ2) is 14.2. The Morgan fingerprint density at radius 3 is 2.22 bits per heavy atom. The molecule has 1 unspecified atom stereocenters. The first-order chi connectivity index (χ1) is 17.4. The first kappa shape index (κ1) is 27.1. The quantitative estimate of drug-likeness (QED) is 0.183. The molecule has 0 saturated carbocycles. The molecule has 192 valence electrons. The van der Waals surface area contributed by atoms with Crippen LogP contribution in [0.4, 0.5) is 5.69 Å². The third-order valence-electron chi connectivity index (χ3n) is 6.13. The van der Waals surface area contributed by atoms with Crippen LogP contribution in [0.15, 0.2) is 66.7 Å². The predicted octanol–water partition coefficient (Wildman–Crippen LogP) is 4.76. The molecule has 2 aromatic rings. The summed E-state index contributed by atoms with van der Waals surface area (Å²) >= 11 is 0. The lowest BCUT2D eigenvalue weighted by molar-refractivity contribution is -0.188. The number of carbonyl (C=O) groups excluding carboxylic acids is 3. The van der Waals surface area contributed by atoms with Crippen molar-refractivity contribution in [2.75, 3.05) is 32.1 Å². The Bertz CT molecular complexity index is 1010. The molecule has 2 aromatic carbocycles. The smallest absolute Gasteiger partial charge is 0.349 e. The highest BCUT2D eigenvalue weighted by atomic mass is 16.7. The highest BCUT2D eigenvalue weighted by molar-refractivity contribution is 6.01. The van der Waals surface area contributed by atoms with E-state index in [1.807, 2.05) is 49.3 Å². The Kier molecular flexibility index (Phi) is 10.7. The number of hydrogen-bond acceptors (Lipinski definition) is 7. The van der Waals surface area contributed by atoms with Gasteiger partial charge in [-0.1, -0.05) is 36.8 Å². The van der Waals surface area contributed by atoms with Crippen LogP contribution in [0.1, 0.15) is 54.4 Å². The highest BCUT2D eigenvalue weighted by Crippen LogP contribution is 2.18. The van der Waals surface area contributed by atoms with Crippen molar-refractivity contribution >= 4 is 23.4 Å². The average Bonchev–Trinajstić information content (AvgIpc) is 2.90. The minimum atomic E-state index is -0.929. The summed E-state index contributed by atoms with van der Waals surface area (Å²) in [7, 11) is 3.85. The number of nitrogens with zero attached hydrogens (tertiary/aromatic N) is 2. The number of rotatable bonds is 12. The molecule has 0 bridgehead atoms. The zero-order valence-corrected chi connectivity index (χ0v) is 21.2. The third-order valence-corrected chi connectivity index (χ3v) is 6.13. The van der Waals surface area contributed by atoms with Crippen LogP contribution in [0.2, 0.25) is 0 Å². The van der Waals surface area contributed by atoms with Crippen LogP contribution in [0.25, 0.3) is 0 Å². The van der Waals surface area contributed by atoms with Crippen LogP contribution in [0, 0.1) is 0 Å². The maximum atomic E-state index is 13.2. The molecule has 0 radical (unpaired) electrons. The van der Waals surface area contributed by atoms with Gasteiger partial charge in [0.25, 0.3) is 0 Å². The van der Waals surface area contributed by atoms with Crippen molar-refractivity contribution in [1.29, 1.82) is 0 Å². The number of carbonyl (C=O) groups is 3. The topological polar surface area (TPSA) is 76.1 Å². The fourth-order valence-corrected chi connectivity index (χ4v) is 4.09. The Morgan fingerprint density at radius 1 is 0.889 bits per heavy atom. The summed E-state index contributed by atoms with van der Waals surface area (Å²) in [6, 6.07) is 17.3. The molecular formula is C29H36N2O5. The van der Waals surface area contributed by atoms with Gasteiger partial charge in [0, 0.05) is 50.6 Å². The molecule has 0 amide bonds. The molecule has 7 nitrogen and oxygen atoms in total. The first-order valence-corrected chi connectivity index (χ1v) is 12.6. The molecule has 0 aromatic heterocycles. The Balaban J connectivity index is 1.59. The normalized spacial score (nSPS) is 14.8. The summed E-state index contributed by atoms with van der Waals surface area (Å²) < 4.78 is 5.53. The van der Waals surface area contributed by atoms with Crippen molar-refractivity contribution in [3.8, 4) is 0 Å². The van der Waals surface area contributed by atoms with Gasteiger partial charge in [0.1, 0.15) is 0 Å². The van der Waals surface area contributed by atoms with Crippen molar-refractivity contribution in [1.82, 2.24) is 5.06 Å². The lowest BCUT2D eigenvalue weighted by Gasteiger charge is -2.24. The van der Waals surface area contributed by atoms with Gasteiger partial charge < -0.3 is 14.5 Å². The first-order valence-electron chi connectivity index (χ1n) is 12.6. The number of piperidine rings is 1. The number of esters is 1. The van der Waals surface area contributed by atoms with Crippen molar-refractivity contribution < 1.29 is 24.0 Å². The zero-order chi connectivity index (χ0) is 25.8. The number of hydrogen-bond donors (Lipinski definition) is 0. The van der Waals surface area contributed by atoms with E-state index in [1.54, 1.807) is 17.2 Å². The number of ether oxygens (including phenoxy) is 1.